The summed E-state index contributed by atoms with van der Waals surface area (Å²) in [4.78, 5) is 11.5. The molecule has 0 heterocycles. The molecule has 0 bridgehead atoms. The van der Waals surface area contributed by atoms with E-state index in [-0.39, 0.29) is 6.61 Å². The summed E-state index contributed by atoms with van der Waals surface area (Å²) in [5.74, 6) is 1.44. The second-order valence-electron chi connectivity index (χ2n) is 6.35. The molecule has 0 aliphatic heterocycles. The van der Waals surface area contributed by atoms with Crippen LogP contribution in [0.4, 0.5) is 0 Å². The van der Waals surface area contributed by atoms with Crippen molar-refractivity contribution in [3.8, 4) is 17.2 Å². The third kappa shape index (κ3) is 5.00. The summed E-state index contributed by atoms with van der Waals surface area (Å²) in [6.45, 7) is 0.328. The predicted molar refractivity (Wildman–Crippen MR) is 115 cm³/mol. The molecular weight excluding hydrogens is 384 g/mol. The Morgan fingerprint density at radius 2 is 1.73 bits per heavy atom. The fraction of sp³-hybridized carbons (Fsp3) is 0.217. The van der Waals surface area contributed by atoms with E-state index in [1.165, 1.54) is 7.11 Å². The van der Waals surface area contributed by atoms with E-state index in [9.17, 15) is 4.79 Å². The van der Waals surface area contributed by atoms with Crippen LogP contribution in [0.25, 0.3) is 10.8 Å². The van der Waals surface area contributed by atoms with Crippen molar-refractivity contribution in [2.24, 2.45) is 5.10 Å². The molecule has 156 valence electrons. The van der Waals surface area contributed by atoms with Gasteiger partial charge in [-0.15, -0.1) is 0 Å². The third-order valence-corrected chi connectivity index (χ3v) is 4.52. The molecule has 0 saturated carbocycles. The Bertz CT molecular complexity index is 1050. The van der Waals surface area contributed by atoms with E-state index >= 15 is 0 Å². The molecule has 0 amide bonds. The second kappa shape index (κ2) is 10.2. The molecule has 30 heavy (non-hydrogen) atoms. The van der Waals surface area contributed by atoms with E-state index in [0.717, 1.165) is 21.9 Å². The number of nitrogens with zero attached hydrogens (tertiary/aromatic N) is 1. The fourth-order valence-corrected chi connectivity index (χ4v) is 2.97. The Hall–Kier alpha value is -3.74. The van der Waals surface area contributed by atoms with Crippen molar-refractivity contribution in [2.75, 3.05) is 27.9 Å². The lowest BCUT2D eigenvalue weighted by molar-refractivity contribution is -0.142. The van der Waals surface area contributed by atoms with Gasteiger partial charge in [0, 0.05) is 5.56 Å². The van der Waals surface area contributed by atoms with Crippen molar-refractivity contribution >= 4 is 23.0 Å². The number of ether oxygens (including phenoxy) is 4. The SMILES string of the molecule is COC(=O)COc1ccc2ccccc2c1/C=N\NCc1ccc(OC)c(OC)c1. The monoisotopic (exact) mass is 408 g/mol. The summed E-state index contributed by atoms with van der Waals surface area (Å²) in [5, 5.41) is 6.36. The van der Waals surface area contributed by atoms with Crippen LogP contribution in [-0.2, 0) is 16.1 Å². The highest BCUT2D eigenvalue weighted by Gasteiger charge is 2.10. The topological polar surface area (TPSA) is 78.4 Å². The smallest absolute Gasteiger partial charge is 0.343 e. The molecule has 7 heteroatoms. The zero-order chi connectivity index (χ0) is 21.3. The molecule has 1 N–H and O–H groups in total. The van der Waals surface area contributed by atoms with E-state index in [1.807, 2.05) is 54.6 Å². The van der Waals surface area contributed by atoms with Gasteiger partial charge in [-0.05, 0) is 34.5 Å². The van der Waals surface area contributed by atoms with Crippen LogP contribution in [-0.4, -0.2) is 40.1 Å². The van der Waals surface area contributed by atoms with Crippen LogP contribution in [0.3, 0.4) is 0 Å². The number of esters is 1. The molecule has 0 aliphatic rings. The van der Waals surface area contributed by atoms with E-state index in [1.54, 1.807) is 20.4 Å². The van der Waals surface area contributed by atoms with Gasteiger partial charge in [-0.1, -0.05) is 36.4 Å². The van der Waals surface area contributed by atoms with Gasteiger partial charge >= 0.3 is 5.97 Å². The summed E-state index contributed by atoms with van der Waals surface area (Å²) in [6, 6.07) is 17.3. The number of fused-ring (bicyclic) bond motifs is 1. The van der Waals surface area contributed by atoms with Crippen molar-refractivity contribution in [3.05, 3.63) is 65.7 Å². The van der Waals surface area contributed by atoms with Crippen LogP contribution in [0.5, 0.6) is 17.2 Å². The summed E-state index contributed by atoms with van der Waals surface area (Å²) in [7, 11) is 4.53. The lowest BCUT2D eigenvalue weighted by Crippen LogP contribution is -2.13. The minimum atomic E-state index is -0.447. The van der Waals surface area contributed by atoms with Gasteiger partial charge in [0.1, 0.15) is 5.75 Å². The number of carbonyl (C=O) groups is 1. The first-order valence-corrected chi connectivity index (χ1v) is 9.34. The van der Waals surface area contributed by atoms with Gasteiger partial charge in [0.15, 0.2) is 18.1 Å². The van der Waals surface area contributed by atoms with Crippen molar-refractivity contribution in [2.45, 2.75) is 6.54 Å². The Morgan fingerprint density at radius 3 is 2.50 bits per heavy atom. The van der Waals surface area contributed by atoms with Crippen LogP contribution < -0.4 is 19.6 Å². The van der Waals surface area contributed by atoms with Crippen molar-refractivity contribution in [1.82, 2.24) is 5.43 Å². The average molecular weight is 408 g/mol. The highest BCUT2D eigenvalue weighted by Crippen LogP contribution is 2.28. The molecule has 0 fully saturated rings. The minimum Gasteiger partial charge on any atom is -0.493 e. The maximum absolute atomic E-state index is 11.5. The molecule has 3 rings (SSSR count). The van der Waals surface area contributed by atoms with Gasteiger partial charge in [-0.25, -0.2) is 4.79 Å². The first kappa shape index (κ1) is 21.0. The number of hydrazone groups is 1. The van der Waals surface area contributed by atoms with Gasteiger partial charge in [-0.2, -0.15) is 5.10 Å². The first-order chi connectivity index (χ1) is 14.7. The van der Waals surface area contributed by atoms with E-state index < -0.39 is 5.97 Å². The maximum Gasteiger partial charge on any atom is 0.343 e. The second-order valence-corrected chi connectivity index (χ2v) is 6.35. The molecule has 0 atom stereocenters. The van der Waals surface area contributed by atoms with Crippen LogP contribution in [0, 0.1) is 0 Å². The molecular formula is C23H24N2O5. The highest BCUT2D eigenvalue weighted by molar-refractivity contribution is 6.02. The quantitative estimate of drug-likeness (QED) is 0.332. The Balaban J connectivity index is 1.78. The summed E-state index contributed by atoms with van der Waals surface area (Å²) in [5.41, 5.74) is 4.80. The van der Waals surface area contributed by atoms with Crippen LogP contribution in [0.15, 0.2) is 59.7 Å². The lowest BCUT2D eigenvalue weighted by atomic mass is 10.0. The molecule has 3 aromatic rings. The number of rotatable bonds is 9. The number of benzene rings is 3. The average Bonchev–Trinajstić information content (AvgIpc) is 2.80. The molecule has 7 nitrogen and oxygen atoms in total. The first-order valence-electron chi connectivity index (χ1n) is 9.34. The van der Waals surface area contributed by atoms with Crippen molar-refractivity contribution < 1.29 is 23.7 Å². The number of nitrogens with one attached hydrogen (secondary N) is 1. The van der Waals surface area contributed by atoms with Gasteiger partial charge in [0.05, 0.1) is 34.1 Å². The summed E-state index contributed by atoms with van der Waals surface area (Å²) < 4.78 is 20.9. The highest BCUT2D eigenvalue weighted by atomic mass is 16.6. The predicted octanol–water partition coefficient (Wildman–Crippen LogP) is 3.53. The Kier molecular flexibility index (Phi) is 7.10. The number of carbonyl (C=O) groups excluding carboxylic acids is 1. The van der Waals surface area contributed by atoms with E-state index in [0.29, 0.717) is 23.8 Å². The normalized spacial score (nSPS) is 10.8. The van der Waals surface area contributed by atoms with Gasteiger partial charge in [0.25, 0.3) is 0 Å². The van der Waals surface area contributed by atoms with Gasteiger partial charge in [0.2, 0.25) is 0 Å². The lowest BCUT2D eigenvalue weighted by Gasteiger charge is -2.11. The molecule has 0 radical (unpaired) electrons. The van der Waals surface area contributed by atoms with Crippen LogP contribution >= 0.6 is 0 Å². The zero-order valence-electron chi connectivity index (χ0n) is 17.2. The van der Waals surface area contributed by atoms with Crippen LogP contribution in [0.2, 0.25) is 0 Å². The fourth-order valence-electron chi connectivity index (χ4n) is 2.97. The summed E-state index contributed by atoms with van der Waals surface area (Å²) in [6.07, 6.45) is 1.69. The van der Waals surface area contributed by atoms with Crippen molar-refractivity contribution in [3.63, 3.8) is 0 Å². The Morgan fingerprint density at radius 1 is 0.967 bits per heavy atom. The van der Waals surface area contributed by atoms with Gasteiger partial charge in [-0.3, -0.25) is 0 Å². The summed E-state index contributed by atoms with van der Waals surface area (Å²) >= 11 is 0. The molecule has 0 saturated heterocycles. The minimum absolute atomic E-state index is 0.172. The van der Waals surface area contributed by atoms with Gasteiger partial charge < -0.3 is 24.4 Å². The van der Waals surface area contributed by atoms with E-state index in [4.69, 9.17) is 14.2 Å². The van der Waals surface area contributed by atoms with E-state index in [2.05, 4.69) is 15.3 Å². The molecule has 0 spiro atoms. The van der Waals surface area contributed by atoms with Crippen LogP contribution in [0.1, 0.15) is 11.1 Å². The van der Waals surface area contributed by atoms with Crippen molar-refractivity contribution in [1.29, 1.82) is 0 Å². The zero-order valence-corrected chi connectivity index (χ0v) is 17.2. The standard InChI is InChI=1S/C23H24N2O5/c1-27-21-10-8-16(12-22(21)28-2)13-24-25-14-19-18-7-5-4-6-17(18)9-11-20(19)30-15-23(26)29-3/h4-12,14,24H,13,15H2,1-3H3/b25-14-. The molecule has 0 unspecified atom stereocenters. The molecule has 0 aliphatic carbocycles. The molecule has 0 aromatic heterocycles. The number of hydrogen-bond acceptors (Lipinski definition) is 7. The molecule has 3 aromatic carbocycles. The largest absolute Gasteiger partial charge is 0.493 e. The number of hydrogen-bond donors (Lipinski definition) is 1. The Labute approximate surface area is 175 Å². The third-order valence-electron chi connectivity index (χ3n) is 4.52. The maximum atomic E-state index is 11.5. The number of methoxy groups -OCH3 is 3.